The first-order chi connectivity index (χ1) is 7.22. The number of amides is 1. The van der Waals surface area contributed by atoms with Crippen LogP contribution in [0, 0.1) is 5.92 Å². The van der Waals surface area contributed by atoms with Crippen molar-refractivity contribution >= 4 is 11.8 Å². The highest BCUT2D eigenvalue weighted by Crippen LogP contribution is 2.06. The largest absolute Gasteiger partial charge is 0.449 e. The molecule has 0 aromatic heterocycles. The van der Waals surface area contributed by atoms with Gasteiger partial charge in [-0.3, -0.25) is 5.32 Å². The van der Waals surface area contributed by atoms with Gasteiger partial charge >= 0.3 is 6.09 Å². The van der Waals surface area contributed by atoms with Crippen molar-refractivity contribution in [2.24, 2.45) is 5.92 Å². The zero-order chi connectivity index (χ0) is 11.1. The monoisotopic (exact) mass is 207 g/mol. The van der Waals surface area contributed by atoms with Crippen LogP contribution in [0.5, 0.6) is 0 Å². The lowest BCUT2D eigenvalue weighted by Gasteiger charge is -2.10. The zero-order valence-electron chi connectivity index (χ0n) is 9.19. The first-order valence-electron chi connectivity index (χ1n) is 5.21. The number of carbonyl (C=O) groups excluding carboxylic acids is 1. The number of ether oxygens (including phenoxy) is 1. The van der Waals surface area contributed by atoms with E-state index >= 15 is 0 Å². The van der Waals surface area contributed by atoms with Crippen molar-refractivity contribution in [3.8, 4) is 0 Å². The van der Waals surface area contributed by atoms with Crippen molar-refractivity contribution < 1.29 is 9.53 Å². The van der Waals surface area contributed by atoms with Gasteiger partial charge in [0.05, 0.1) is 6.61 Å². The molecule has 0 heterocycles. The summed E-state index contributed by atoms with van der Waals surface area (Å²) < 4.78 is 5.05. The van der Waals surface area contributed by atoms with Crippen LogP contribution in [0.15, 0.2) is 30.3 Å². The van der Waals surface area contributed by atoms with Crippen molar-refractivity contribution in [3.63, 3.8) is 0 Å². The lowest BCUT2D eigenvalue weighted by molar-refractivity contribution is 0.143. The second-order valence-electron chi connectivity index (χ2n) is 3.60. The van der Waals surface area contributed by atoms with Crippen LogP contribution in [0.2, 0.25) is 0 Å². The van der Waals surface area contributed by atoms with E-state index in [0.717, 1.165) is 12.1 Å². The normalized spacial score (nSPS) is 11.9. The van der Waals surface area contributed by atoms with Gasteiger partial charge in [-0.05, 0) is 18.1 Å². The molecule has 1 atom stereocenters. The van der Waals surface area contributed by atoms with E-state index in [-0.39, 0.29) is 6.09 Å². The third-order valence-electron chi connectivity index (χ3n) is 2.22. The molecule has 0 aliphatic carbocycles. The number of hydrogen-bond donors (Lipinski definition) is 1. The molecule has 3 heteroatoms. The van der Waals surface area contributed by atoms with Crippen LogP contribution < -0.4 is 5.32 Å². The number of hydrogen-bond acceptors (Lipinski definition) is 2. The van der Waals surface area contributed by atoms with Crippen molar-refractivity contribution in [1.29, 1.82) is 0 Å². The topological polar surface area (TPSA) is 38.3 Å². The number of para-hydroxylation sites is 1. The van der Waals surface area contributed by atoms with E-state index in [9.17, 15) is 4.79 Å². The zero-order valence-corrected chi connectivity index (χ0v) is 9.19. The minimum absolute atomic E-state index is 0.387. The predicted octanol–water partition coefficient (Wildman–Crippen LogP) is 3.28. The maximum Gasteiger partial charge on any atom is 0.411 e. The van der Waals surface area contributed by atoms with Gasteiger partial charge in [-0.1, -0.05) is 38.5 Å². The molecule has 1 aromatic carbocycles. The Morgan fingerprint density at radius 2 is 2.07 bits per heavy atom. The van der Waals surface area contributed by atoms with Gasteiger partial charge in [-0.2, -0.15) is 0 Å². The Labute approximate surface area is 90.4 Å². The van der Waals surface area contributed by atoms with Gasteiger partial charge in [0.15, 0.2) is 0 Å². The van der Waals surface area contributed by atoms with Crippen LogP contribution in [0.1, 0.15) is 20.3 Å². The van der Waals surface area contributed by atoms with Gasteiger partial charge in [-0.15, -0.1) is 0 Å². The van der Waals surface area contributed by atoms with Gasteiger partial charge in [0.25, 0.3) is 0 Å². The number of anilines is 1. The summed E-state index contributed by atoms with van der Waals surface area (Å²) in [4.78, 5) is 11.3. The highest BCUT2D eigenvalue weighted by atomic mass is 16.5. The molecule has 15 heavy (non-hydrogen) atoms. The lowest BCUT2D eigenvalue weighted by atomic mass is 10.1. The van der Waals surface area contributed by atoms with Crippen molar-refractivity contribution in [2.75, 3.05) is 11.9 Å². The van der Waals surface area contributed by atoms with E-state index in [4.69, 9.17) is 4.74 Å². The second kappa shape index (κ2) is 6.06. The number of benzene rings is 1. The van der Waals surface area contributed by atoms with Gasteiger partial charge in [0.2, 0.25) is 0 Å². The SMILES string of the molecule is CC[C@@H](C)COC(=O)Nc1ccccc1. The molecule has 0 spiro atoms. The quantitative estimate of drug-likeness (QED) is 0.822. The Morgan fingerprint density at radius 1 is 1.40 bits per heavy atom. The maximum absolute atomic E-state index is 11.3. The summed E-state index contributed by atoms with van der Waals surface area (Å²) in [7, 11) is 0. The van der Waals surface area contributed by atoms with E-state index in [1.54, 1.807) is 0 Å². The minimum atomic E-state index is -0.387. The minimum Gasteiger partial charge on any atom is -0.449 e. The Bertz CT molecular complexity index is 298. The molecule has 0 unspecified atom stereocenters. The molecule has 1 aromatic rings. The van der Waals surface area contributed by atoms with Crippen LogP contribution >= 0.6 is 0 Å². The van der Waals surface area contributed by atoms with E-state index in [2.05, 4.69) is 19.2 Å². The third-order valence-corrected chi connectivity index (χ3v) is 2.22. The number of nitrogens with one attached hydrogen (secondary N) is 1. The van der Waals surface area contributed by atoms with Crippen LogP contribution in [0.4, 0.5) is 10.5 Å². The van der Waals surface area contributed by atoms with Gasteiger partial charge in [0, 0.05) is 5.69 Å². The molecule has 1 N–H and O–H groups in total. The Kier molecular flexibility index (Phi) is 4.68. The van der Waals surface area contributed by atoms with Gasteiger partial charge < -0.3 is 4.74 Å². The summed E-state index contributed by atoms with van der Waals surface area (Å²) in [6.45, 7) is 4.59. The summed E-state index contributed by atoms with van der Waals surface area (Å²) >= 11 is 0. The smallest absolute Gasteiger partial charge is 0.411 e. The van der Waals surface area contributed by atoms with Crippen LogP contribution in [0.3, 0.4) is 0 Å². The van der Waals surface area contributed by atoms with Crippen LogP contribution in [-0.4, -0.2) is 12.7 Å². The molecule has 0 bridgehead atoms. The van der Waals surface area contributed by atoms with Crippen molar-refractivity contribution in [2.45, 2.75) is 20.3 Å². The van der Waals surface area contributed by atoms with Crippen molar-refractivity contribution in [3.05, 3.63) is 30.3 Å². The molecule has 0 saturated carbocycles. The fraction of sp³-hybridized carbons (Fsp3) is 0.417. The molecule has 0 fully saturated rings. The summed E-state index contributed by atoms with van der Waals surface area (Å²) in [5.41, 5.74) is 0.756. The van der Waals surface area contributed by atoms with Crippen LogP contribution in [-0.2, 0) is 4.74 Å². The standard InChI is InChI=1S/C12H17NO2/c1-3-10(2)9-15-12(14)13-11-7-5-4-6-8-11/h4-8,10H,3,9H2,1-2H3,(H,13,14)/t10-/m1/s1. The maximum atomic E-state index is 11.3. The molecule has 1 rings (SSSR count). The third kappa shape index (κ3) is 4.49. The summed E-state index contributed by atoms with van der Waals surface area (Å²) in [6.07, 6.45) is 0.625. The summed E-state index contributed by atoms with van der Waals surface area (Å²) in [5, 5.41) is 2.66. The average molecular weight is 207 g/mol. The van der Waals surface area contributed by atoms with Crippen LogP contribution in [0.25, 0.3) is 0 Å². The first kappa shape index (κ1) is 11.6. The van der Waals surface area contributed by atoms with Crippen molar-refractivity contribution in [1.82, 2.24) is 0 Å². The first-order valence-corrected chi connectivity index (χ1v) is 5.21. The lowest BCUT2D eigenvalue weighted by Crippen LogP contribution is -2.17. The average Bonchev–Trinajstić information content (AvgIpc) is 2.27. The summed E-state index contributed by atoms with van der Waals surface area (Å²) in [6, 6.07) is 9.28. The molecule has 82 valence electrons. The predicted molar refractivity (Wildman–Crippen MR) is 60.9 cm³/mol. The molecule has 3 nitrogen and oxygen atoms in total. The molecule has 0 aliphatic heterocycles. The Balaban J connectivity index is 2.31. The molecule has 0 radical (unpaired) electrons. The second-order valence-corrected chi connectivity index (χ2v) is 3.60. The summed E-state index contributed by atoms with van der Waals surface area (Å²) in [5.74, 6) is 0.409. The van der Waals surface area contributed by atoms with Gasteiger partial charge in [0.1, 0.15) is 0 Å². The molecule has 1 amide bonds. The molecule has 0 saturated heterocycles. The number of rotatable bonds is 4. The fourth-order valence-electron chi connectivity index (χ4n) is 1.01. The highest BCUT2D eigenvalue weighted by molar-refractivity contribution is 5.84. The van der Waals surface area contributed by atoms with E-state index in [1.807, 2.05) is 30.3 Å². The molecular formula is C12H17NO2. The van der Waals surface area contributed by atoms with Gasteiger partial charge in [-0.25, -0.2) is 4.79 Å². The van der Waals surface area contributed by atoms with E-state index < -0.39 is 0 Å². The highest BCUT2D eigenvalue weighted by Gasteiger charge is 2.05. The number of carbonyl (C=O) groups is 1. The fourth-order valence-corrected chi connectivity index (χ4v) is 1.01. The molecular weight excluding hydrogens is 190 g/mol. The Morgan fingerprint density at radius 3 is 2.67 bits per heavy atom. The van der Waals surface area contributed by atoms with E-state index in [1.165, 1.54) is 0 Å². The Hall–Kier alpha value is -1.51. The molecule has 0 aliphatic rings. The van der Waals surface area contributed by atoms with E-state index in [0.29, 0.717) is 12.5 Å².